The Labute approximate surface area is 78.4 Å². The van der Waals surface area contributed by atoms with Crippen LogP contribution in [0.4, 0.5) is 0 Å². The minimum atomic E-state index is -3.27. The Balaban J connectivity index is 4.48. The van der Waals surface area contributed by atoms with E-state index in [0.717, 1.165) is 0 Å². The maximum atomic E-state index is 11.6. The van der Waals surface area contributed by atoms with Crippen molar-refractivity contribution in [2.24, 2.45) is 5.92 Å². The van der Waals surface area contributed by atoms with Crippen LogP contribution in [-0.4, -0.2) is 27.8 Å². The Hall–Kier alpha value is -0.340. The second kappa shape index (κ2) is 4.77. The Bertz CT molecular complexity index is 226. The van der Waals surface area contributed by atoms with E-state index in [0.29, 0.717) is 6.42 Å². The molecule has 4 nitrogen and oxygen atoms in total. The van der Waals surface area contributed by atoms with Crippen LogP contribution in [0, 0.1) is 5.92 Å². The van der Waals surface area contributed by atoms with E-state index in [1.165, 1.54) is 13.8 Å². The van der Waals surface area contributed by atoms with E-state index >= 15 is 0 Å². The molecule has 0 aliphatic heterocycles. The molecule has 0 aliphatic rings. The van der Waals surface area contributed by atoms with E-state index < -0.39 is 24.9 Å². The molecule has 0 aromatic heterocycles. The fourth-order valence-electron chi connectivity index (χ4n) is 1.08. The van der Waals surface area contributed by atoms with Crippen molar-refractivity contribution >= 4 is 13.3 Å². The van der Waals surface area contributed by atoms with Gasteiger partial charge >= 0.3 is 5.97 Å². The highest BCUT2D eigenvalue weighted by atomic mass is 31.2. The van der Waals surface area contributed by atoms with E-state index in [2.05, 4.69) is 0 Å². The van der Waals surface area contributed by atoms with Gasteiger partial charge in [0.05, 0.1) is 5.92 Å². The molecular formula is C8H17O4P. The number of hydrogen-bond donors (Lipinski definition) is 2. The summed E-state index contributed by atoms with van der Waals surface area (Å²) >= 11 is 0. The quantitative estimate of drug-likeness (QED) is 0.675. The van der Waals surface area contributed by atoms with Crippen LogP contribution in [0.25, 0.3) is 0 Å². The second-order valence-corrected chi connectivity index (χ2v) is 6.12. The molecule has 2 N–H and O–H groups in total. The van der Waals surface area contributed by atoms with Gasteiger partial charge in [-0.3, -0.25) is 9.36 Å². The molecule has 78 valence electrons. The predicted molar refractivity (Wildman–Crippen MR) is 51.2 cm³/mol. The number of hydrogen-bond acceptors (Lipinski definition) is 2. The van der Waals surface area contributed by atoms with E-state index in [9.17, 15) is 14.3 Å². The molecule has 0 amide bonds. The summed E-state index contributed by atoms with van der Waals surface area (Å²) in [4.78, 5) is 20.1. The van der Waals surface area contributed by atoms with Crippen molar-refractivity contribution in [2.45, 2.75) is 32.9 Å². The van der Waals surface area contributed by atoms with Crippen molar-refractivity contribution in [3.63, 3.8) is 0 Å². The fourth-order valence-corrected chi connectivity index (χ4v) is 2.95. The monoisotopic (exact) mass is 208 g/mol. The largest absolute Gasteiger partial charge is 0.481 e. The average Bonchev–Trinajstić information content (AvgIpc) is 2.01. The smallest absolute Gasteiger partial charge is 0.307 e. The highest BCUT2D eigenvalue weighted by Gasteiger charge is 2.33. The number of carboxylic acids is 1. The van der Waals surface area contributed by atoms with Crippen LogP contribution in [0.2, 0.25) is 0 Å². The van der Waals surface area contributed by atoms with Crippen molar-refractivity contribution < 1.29 is 19.4 Å². The number of rotatable bonds is 5. The minimum absolute atomic E-state index is 0.200. The van der Waals surface area contributed by atoms with E-state index in [4.69, 9.17) is 5.11 Å². The summed E-state index contributed by atoms with van der Waals surface area (Å²) in [6, 6.07) is 0. The molecule has 5 heteroatoms. The Morgan fingerprint density at radius 3 is 2.23 bits per heavy atom. The third kappa shape index (κ3) is 3.49. The lowest BCUT2D eigenvalue weighted by molar-refractivity contribution is -0.141. The lowest BCUT2D eigenvalue weighted by Crippen LogP contribution is -2.23. The standard InChI is InChI=1S/C8H17O4P/c1-4-5-13(11,12)7(3)6(2)8(9)10/h6-7H,4-5H2,1-3H3,(H,9,10)(H,11,12). The van der Waals surface area contributed by atoms with Gasteiger partial charge < -0.3 is 10.00 Å². The van der Waals surface area contributed by atoms with E-state index in [1.807, 2.05) is 0 Å². The third-order valence-corrected chi connectivity index (χ3v) is 5.10. The molecule has 0 bridgehead atoms. The average molecular weight is 208 g/mol. The highest BCUT2D eigenvalue weighted by molar-refractivity contribution is 7.58. The predicted octanol–water partition coefficient (Wildman–Crippen LogP) is 1.78. The van der Waals surface area contributed by atoms with E-state index in [-0.39, 0.29) is 6.16 Å². The van der Waals surface area contributed by atoms with Gasteiger partial charge in [0, 0.05) is 11.8 Å². The summed E-state index contributed by atoms with van der Waals surface area (Å²) in [5.74, 6) is -1.78. The number of carboxylic acid groups (broad SMARTS) is 1. The van der Waals surface area contributed by atoms with Gasteiger partial charge in [0.25, 0.3) is 0 Å². The normalized spacial score (nSPS) is 20.3. The van der Waals surface area contributed by atoms with Gasteiger partial charge in [-0.05, 0) is 6.42 Å². The molecule has 0 saturated carbocycles. The SMILES string of the molecule is CCCP(=O)(O)C(C)C(C)C(=O)O. The van der Waals surface area contributed by atoms with Crippen LogP contribution in [0.1, 0.15) is 27.2 Å². The van der Waals surface area contributed by atoms with Crippen molar-refractivity contribution in [3.8, 4) is 0 Å². The summed E-state index contributed by atoms with van der Waals surface area (Å²) in [6.07, 6.45) is 0.802. The zero-order chi connectivity index (χ0) is 10.6. The minimum Gasteiger partial charge on any atom is -0.481 e. The molecule has 0 aromatic carbocycles. The first-order valence-corrected chi connectivity index (χ1v) is 6.28. The first kappa shape index (κ1) is 12.7. The molecule has 0 aliphatic carbocycles. The lowest BCUT2D eigenvalue weighted by Gasteiger charge is -2.21. The second-order valence-electron chi connectivity index (χ2n) is 3.35. The van der Waals surface area contributed by atoms with Crippen molar-refractivity contribution in [2.75, 3.05) is 6.16 Å². The third-order valence-electron chi connectivity index (χ3n) is 2.29. The van der Waals surface area contributed by atoms with Crippen LogP contribution in [0.3, 0.4) is 0 Å². The molecule has 0 saturated heterocycles. The highest BCUT2D eigenvalue weighted by Crippen LogP contribution is 2.49. The van der Waals surface area contributed by atoms with Gasteiger partial charge in [-0.2, -0.15) is 0 Å². The van der Waals surface area contributed by atoms with Gasteiger partial charge in [-0.15, -0.1) is 0 Å². The Kier molecular flexibility index (Phi) is 4.65. The van der Waals surface area contributed by atoms with Gasteiger partial charge in [-0.1, -0.05) is 20.8 Å². The summed E-state index contributed by atoms with van der Waals surface area (Å²) in [7, 11) is -3.27. The molecule has 0 heterocycles. The maximum absolute atomic E-state index is 11.6. The van der Waals surface area contributed by atoms with Crippen LogP contribution in [-0.2, 0) is 9.36 Å². The van der Waals surface area contributed by atoms with Crippen molar-refractivity contribution in [1.29, 1.82) is 0 Å². The first-order valence-electron chi connectivity index (χ1n) is 4.37. The van der Waals surface area contributed by atoms with Gasteiger partial charge in [0.15, 0.2) is 0 Å². The van der Waals surface area contributed by atoms with Crippen molar-refractivity contribution in [1.82, 2.24) is 0 Å². The van der Waals surface area contributed by atoms with Crippen molar-refractivity contribution in [3.05, 3.63) is 0 Å². The molecule has 3 atom stereocenters. The van der Waals surface area contributed by atoms with Gasteiger partial charge in [0.1, 0.15) is 0 Å². The van der Waals surface area contributed by atoms with E-state index in [1.54, 1.807) is 6.92 Å². The zero-order valence-electron chi connectivity index (χ0n) is 8.23. The van der Waals surface area contributed by atoms with Crippen LogP contribution in [0.15, 0.2) is 0 Å². The van der Waals surface area contributed by atoms with Gasteiger partial charge in [0.2, 0.25) is 7.37 Å². The molecule has 0 rings (SSSR count). The molecule has 0 aromatic rings. The first-order chi connectivity index (χ1) is 5.83. The topological polar surface area (TPSA) is 74.6 Å². The molecule has 0 spiro atoms. The molecule has 13 heavy (non-hydrogen) atoms. The molecule has 0 fully saturated rings. The van der Waals surface area contributed by atoms with Crippen LogP contribution in [0.5, 0.6) is 0 Å². The summed E-state index contributed by atoms with van der Waals surface area (Å²) < 4.78 is 11.6. The molecular weight excluding hydrogens is 191 g/mol. The Morgan fingerprint density at radius 1 is 1.46 bits per heavy atom. The summed E-state index contributed by atoms with van der Waals surface area (Å²) in [5, 5.41) is 8.65. The summed E-state index contributed by atoms with van der Waals surface area (Å²) in [6.45, 7) is 4.79. The summed E-state index contributed by atoms with van der Waals surface area (Å²) in [5.41, 5.74) is -0.662. The molecule has 0 radical (unpaired) electrons. The molecule has 3 unspecified atom stereocenters. The lowest BCUT2D eigenvalue weighted by atomic mass is 10.1. The van der Waals surface area contributed by atoms with Gasteiger partial charge in [-0.25, -0.2) is 0 Å². The number of aliphatic carboxylic acids is 1. The number of carbonyl (C=O) groups is 1. The van der Waals surface area contributed by atoms with Crippen LogP contribution < -0.4 is 0 Å². The Morgan fingerprint density at radius 2 is 1.92 bits per heavy atom. The fraction of sp³-hybridized carbons (Fsp3) is 0.875. The maximum Gasteiger partial charge on any atom is 0.307 e. The zero-order valence-corrected chi connectivity index (χ0v) is 9.12. The van der Waals surface area contributed by atoms with Crippen LogP contribution >= 0.6 is 7.37 Å².